The molecule has 10 heteroatoms. The molecule has 0 spiro atoms. The van der Waals surface area contributed by atoms with Crippen molar-refractivity contribution in [1.29, 1.82) is 0 Å². The molecular formula is C27H38N6O4. The second kappa shape index (κ2) is 11.7. The normalized spacial score (nSPS) is 22.9. The Kier molecular flexibility index (Phi) is 8.56. The molecule has 3 N–H and O–H groups in total. The summed E-state index contributed by atoms with van der Waals surface area (Å²) in [4.78, 5) is 24.1. The number of carbonyl (C=O) groups excluding carboxylic acids is 1. The van der Waals surface area contributed by atoms with E-state index in [4.69, 9.17) is 19.9 Å². The van der Waals surface area contributed by atoms with Crippen LogP contribution in [0.15, 0.2) is 48.9 Å². The van der Waals surface area contributed by atoms with Crippen molar-refractivity contribution in [2.45, 2.75) is 77.4 Å². The first-order valence-electron chi connectivity index (χ1n) is 12.7. The molecule has 3 heterocycles. The fourth-order valence-corrected chi connectivity index (χ4v) is 5.16. The van der Waals surface area contributed by atoms with E-state index in [2.05, 4.69) is 47.9 Å². The van der Waals surface area contributed by atoms with Gasteiger partial charge in [-0.2, -0.15) is 0 Å². The number of hydrogen-bond donors (Lipinski definition) is 2. The van der Waals surface area contributed by atoms with Gasteiger partial charge in [0, 0.05) is 31.0 Å². The van der Waals surface area contributed by atoms with Gasteiger partial charge in [-0.05, 0) is 52.8 Å². The third-order valence-corrected chi connectivity index (χ3v) is 6.81. The van der Waals surface area contributed by atoms with Crippen molar-refractivity contribution in [3.8, 4) is 0 Å². The SMILES string of the molecule is COC1[C@@H](N)[C@@H](COC(C)N(C(C)C)C(C)C)O[C@H]1n1cnc2c(NC(=O)c3ccccc3)ccnc21. The lowest BCUT2D eigenvalue weighted by molar-refractivity contribution is -0.119. The number of nitrogens with zero attached hydrogens (tertiary/aromatic N) is 4. The van der Waals surface area contributed by atoms with Crippen molar-refractivity contribution in [1.82, 2.24) is 19.4 Å². The van der Waals surface area contributed by atoms with Crippen LogP contribution in [0, 0.1) is 0 Å². The van der Waals surface area contributed by atoms with E-state index in [-0.39, 0.29) is 18.2 Å². The number of nitrogens with two attached hydrogens (primary N) is 1. The Morgan fingerprint density at radius 1 is 1.14 bits per heavy atom. The number of carbonyl (C=O) groups is 1. The van der Waals surface area contributed by atoms with Gasteiger partial charge in [-0.3, -0.25) is 14.3 Å². The Bertz CT molecular complexity index is 1180. The topological polar surface area (TPSA) is 117 Å². The Morgan fingerprint density at radius 3 is 2.49 bits per heavy atom. The summed E-state index contributed by atoms with van der Waals surface area (Å²) in [5, 5.41) is 2.93. The van der Waals surface area contributed by atoms with Gasteiger partial charge in [-0.1, -0.05) is 18.2 Å². The Balaban J connectivity index is 1.52. The zero-order valence-electron chi connectivity index (χ0n) is 22.4. The van der Waals surface area contributed by atoms with Crippen LogP contribution in [0.5, 0.6) is 0 Å². The number of nitrogens with one attached hydrogen (secondary N) is 1. The summed E-state index contributed by atoms with van der Waals surface area (Å²) < 4.78 is 20.1. The molecular weight excluding hydrogens is 472 g/mol. The number of benzene rings is 1. The summed E-state index contributed by atoms with van der Waals surface area (Å²) in [6.07, 6.45) is 1.82. The van der Waals surface area contributed by atoms with E-state index in [1.165, 1.54) is 0 Å². The molecule has 1 amide bonds. The van der Waals surface area contributed by atoms with E-state index >= 15 is 0 Å². The molecule has 5 atom stereocenters. The minimum atomic E-state index is -0.548. The van der Waals surface area contributed by atoms with Crippen molar-refractivity contribution >= 4 is 22.8 Å². The van der Waals surface area contributed by atoms with Gasteiger partial charge in [0.05, 0.1) is 24.7 Å². The van der Waals surface area contributed by atoms with Crippen molar-refractivity contribution in [2.24, 2.45) is 5.73 Å². The van der Waals surface area contributed by atoms with Gasteiger partial charge in [0.2, 0.25) is 0 Å². The third-order valence-electron chi connectivity index (χ3n) is 6.81. The monoisotopic (exact) mass is 510 g/mol. The number of rotatable bonds is 10. The maximum absolute atomic E-state index is 12.7. The number of ether oxygens (including phenoxy) is 3. The molecule has 0 aliphatic carbocycles. The summed E-state index contributed by atoms with van der Waals surface area (Å²) in [5.41, 5.74) is 8.79. The fraction of sp³-hybridized carbons (Fsp3) is 0.519. The number of amides is 1. The number of methoxy groups -OCH3 is 1. The first kappa shape index (κ1) is 27.2. The van der Waals surface area contributed by atoms with Gasteiger partial charge in [0.1, 0.15) is 24.0 Å². The van der Waals surface area contributed by atoms with Gasteiger partial charge < -0.3 is 25.3 Å². The predicted molar refractivity (Wildman–Crippen MR) is 142 cm³/mol. The molecule has 0 radical (unpaired) electrons. The van der Waals surface area contributed by atoms with Crippen molar-refractivity contribution < 1.29 is 19.0 Å². The maximum Gasteiger partial charge on any atom is 0.255 e. The van der Waals surface area contributed by atoms with Crippen LogP contribution in [0.25, 0.3) is 11.2 Å². The molecule has 2 aromatic heterocycles. The van der Waals surface area contributed by atoms with Gasteiger partial charge in [0.25, 0.3) is 5.91 Å². The molecule has 1 aliphatic heterocycles. The number of aromatic nitrogens is 3. The third kappa shape index (κ3) is 5.68. The second-order valence-corrected chi connectivity index (χ2v) is 9.91. The van der Waals surface area contributed by atoms with Crippen LogP contribution in [-0.2, 0) is 14.2 Å². The van der Waals surface area contributed by atoms with Crippen LogP contribution in [0.4, 0.5) is 5.69 Å². The van der Waals surface area contributed by atoms with E-state index in [0.717, 1.165) is 0 Å². The van der Waals surface area contributed by atoms with E-state index in [0.29, 0.717) is 41.1 Å². The van der Waals surface area contributed by atoms with Crippen LogP contribution in [-0.4, -0.2) is 75.6 Å². The highest BCUT2D eigenvalue weighted by Crippen LogP contribution is 2.34. The summed E-state index contributed by atoms with van der Waals surface area (Å²) >= 11 is 0. The quantitative estimate of drug-likeness (QED) is 0.399. The van der Waals surface area contributed by atoms with Crippen LogP contribution < -0.4 is 11.1 Å². The molecule has 0 bridgehead atoms. The number of hydrogen-bond acceptors (Lipinski definition) is 8. The lowest BCUT2D eigenvalue weighted by Crippen LogP contribution is -2.47. The van der Waals surface area contributed by atoms with Crippen LogP contribution >= 0.6 is 0 Å². The molecule has 1 saturated heterocycles. The van der Waals surface area contributed by atoms with E-state index in [9.17, 15) is 4.79 Å². The van der Waals surface area contributed by atoms with Gasteiger partial charge in [0.15, 0.2) is 11.9 Å². The molecule has 2 unspecified atom stereocenters. The molecule has 4 rings (SSSR count). The van der Waals surface area contributed by atoms with Crippen molar-refractivity contribution in [3.05, 3.63) is 54.5 Å². The first-order chi connectivity index (χ1) is 17.7. The molecule has 1 fully saturated rings. The van der Waals surface area contributed by atoms with E-state index in [1.807, 2.05) is 25.1 Å². The lowest BCUT2D eigenvalue weighted by atomic mass is 10.1. The standard InChI is InChI=1S/C27H38N6O4/c1-16(2)33(17(3)4)18(5)36-14-21-22(28)24(35-6)27(37-21)32-15-30-23-20(12-13-29-25(23)32)31-26(34)19-10-8-7-9-11-19/h7-13,15-18,21-22,24,27H,14,28H2,1-6H3,(H,29,31,34)/t18?,21-,22+,24?,27-/m1/s1. The number of anilines is 1. The van der Waals surface area contributed by atoms with Gasteiger partial charge >= 0.3 is 0 Å². The summed E-state index contributed by atoms with van der Waals surface area (Å²) in [6, 6.07) is 11.0. The predicted octanol–water partition coefficient (Wildman–Crippen LogP) is 3.40. The maximum atomic E-state index is 12.7. The highest BCUT2D eigenvalue weighted by atomic mass is 16.6. The van der Waals surface area contributed by atoms with E-state index in [1.54, 1.807) is 42.4 Å². The summed E-state index contributed by atoms with van der Waals surface area (Å²) in [5.74, 6) is -0.222. The minimum absolute atomic E-state index is 0.0950. The minimum Gasteiger partial charge on any atom is -0.375 e. The molecule has 1 aliphatic rings. The first-order valence-corrected chi connectivity index (χ1v) is 12.7. The fourth-order valence-electron chi connectivity index (χ4n) is 5.16. The van der Waals surface area contributed by atoms with Crippen LogP contribution in [0.1, 0.15) is 51.2 Å². The van der Waals surface area contributed by atoms with Crippen molar-refractivity contribution in [2.75, 3.05) is 19.0 Å². The summed E-state index contributed by atoms with van der Waals surface area (Å²) in [7, 11) is 1.62. The average Bonchev–Trinajstić information content (AvgIpc) is 3.43. The zero-order valence-corrected chi connectivity index (χ0v) is 22.4. The Morgan fingerprint density at radius 2 is 1.84 bits per heavy atom. The second-order valence-electron chi connectivity index (χ2n) is 9.91. The Labute approximate surface area is 218 Å². The smallest absolute Gasteiger partial charge is 0.255 e. The molecule has 10 nitrogen and oxygen atoms in total. The highest BCUT2D eigenvalue weighted by molar-refractivity contribution is 6.07. The van der Waals surface area contributed by atoms with Crippen molar-refractivity contribution in [3.63, 3.8) is 0 Å². The lowest BCUT2D eigenvalue weighted by Gasteiger charge is -2.36. The number of pyridine rings is 1. The molecule has 0 saturated carbocycles. The van der Waals surface area contributed by atoms with Crippen LogP contribution in [0.3, 0.4) is 0 Å². The van der Waals surface area contributed by atoms with Gasteiger partial charge in [-0.15, -0.1) is 0 Å². The molecule has 1 aromatic carbocycles. The number of fused-ring (bicyclic) bond motifs is 1. The average molecular weight is 511 g/mol. The zero-order chi connectivity index (χ0) is 26.7. The Hall–Kier alpha value is -2.89. The van der Waals surface area contributed by atoms with Crippen LogP contribution in [0.2, 0.25) is 0 Å². The molecule has 3 aromatic rings. The van der Waals surface area contributed by atoms with E-state index < -0.39 is 18.4 Å². The largest absolute Gasteiger partial charge is 0.375 e. The van der Waals surface area contributed by atoms with Gasteiger partial charge in [-0.25, -0.2) is 9.97 Å². The highest BCUT2D eigenvalue weighted by Gasteiger charge is 2.45. The molecule has 37 heavy (non-hydrogen) atoms. The number of imidazole rings is 1. The molecule has 200 valence electrons. The summed E-state index contributed by atoms with van der Waals surface area (Å²) in [6.45, 7) is 11.0.